The second-order valence-electron chi connectivity index (χ2n) is 4.62. The molecule has 0 aliphatic heterocycles. The maximum absolute atomic E-state index is 6.08. The Labute approximate surface area is 95.7 Å². The molecular formula is C13H18N2O. The Balaban J connectivity index is 2.96. The van der Waals surface area contributed by atoms with Gasteiger partial charge in [-0.3, -0.25) is 4.98 Å². The number of rotatable bonds is 1. The molecular weight excluding hydrogens is 200 g/mol. The fourth-order valence-corrected chi connectivity index (χ4v) is 2.20. The van der Waals surface area contributed by atoms with E-state index in [2.05, 4.69) is 18.8 Å². The third-order valence-corrected chi connectivity index (χ3v) is 2.99. The zero-order valence-corrected chi connectivity index (χ0v) is 10.5. The van der Waals surface area contributed by atoms with Crippen molar-refractivity contribution in [3.8, 4) is 0 Å². The summed E-state index contributed by atoms with van der Waals surface area (Å²) >= 11 is 0. The summed E-state index contributed by atoms with van der Waals surface area (Å²) in [5.41, 5.74) is 8.70. The summed E-state index contributed by atoms with van der Waals surface area (Å²) < 4.78 is 5.82. The Morgan fingerprint density at radius 1 is 1.06 bits per heavy atom. The molecule has 2 N–H and O–H groups in total. The minimum absolute atomic E-state index is 0.346. The molecule has 0 aliphatic carbocycles. The van der Waals surface area contributed by atoms with Crippen molar-refractivity contribution in [2.24, 2.45) is 0 Å². The first-order valence-electron chi connectivity index (χ1n) is 5.59. The molecule has 2 aromatic heterocycles. The minimum Gasteiger partial charge on any atom is -0.465 e. The summed E-state index contributed by atoms with van der Waals surface area (Å²) in [5.74, 6) is 2.23. The molecule has 0 fully saturated rings. The third-order valence-electron chi connectivity index (χ3n) is 2.99. The smallest absolute Gasteiger partial charge is 0.116 e. The lowest BCUT2D eigenvalue weighted by molar-refractivity contribution is 0.469. The Kier molecular flexibility index (Phi) is 2.41. The van der Waals surface area contributed by atoms with Crippen LogP contribution in [0.15, 0.2) is 4.42 Å². The predicted molar refractivity (Wildman–Crippen MR) is 66.7 cm³/mol. The van der Waals surface area contributed by atoms with Crippen LogP contribution in [0.4, 0.5) is 5.69 Å². The van der Waals surface area contributed by atoms with Crippen molar-refractivity contribution in [1.82, 2.24) is 4.98 Å². The number of pyridine rings is 1. The van der Waals surface area contributed by atoms with Gasteiger partial charge < -0.3 is 10.2 Å². The molecule has 0 atom stereocenters. The maximum atomic E-state index is 6.08. The predicted octanol–water partition coefficient (Wildman–Crippen LogP) is 3.46. The van der Waals surface area contributed by atoms with E-state index in [9.17, 15) is 0 Å². The highest BCUT2D eigenvalue weighted by atomic mass is 16.3. The van der Waals surface area contributed by atoms with Crippen molar-refractivity contribution in [3.63, 3.8) is 0 Å². The van der Waals surface area contributed by atoms with Gasteiger partial charge in [0.25, 0.3) is 0 Å². The Bertz CT molecular complexity index is 553. The summed E-state index contributed by atoms with van der Waals surface area (Å²) in [6.45, 7) is 10.1. The number of hydrogen-bond acceptors (Lipinski definition) is 3. The number of aryl methyl sites for hydroxylation is 3. The first-order valence-corrected chi connectivity index (χ1v) is 5.59. The van der Waals surface area contributed by atoms with Crippen LogP contribution in [0.2, 0.25) is 0 Å². The quantitative estimate of drug-likeness (QED) is 0.797. The average Bonchev–Trinajstić information content (AvgIpc) is 2.53. The van der Waals surface area contributed by atoms with E-state index < -0.39 is 0 Å². The highest BCUT2D eigenvalue weighted by Gasteiger charge is 2.19. The van der Waals surface area contributed by atoms with Gasteiger partial charge in [0.2, 0.25) is 0 Å². The largest absolute Gasteiger partial charge is 0.465 e. The van der Waals surface area contributed by atoms with Crippen LogP contribution in [0.3, 0.4) is 0 Å². The van der Waals surface area contributed by atoms with E-state index in [1.54, 1.807) is 0 Å². The second kappa shape index (κ2) is 3.51. The average molecular weight is 218 g/mol. The lowest BCUT2D eigenvalue weighted by Gasteiger charge is -2.06. The van der Waals surface area contributed by atoms with E-state index in [1.807, 2.05) is 20.8 Å². The molecule has 0 radical (unpaired) electrons. The van der Waals surface area contributed by atoms with E-state index in [0.717, 1.165) is 39.4 Å². The summed E-state index contributed by atoms with van der Waals surface area (Å²) in [6, 6.07) is 0. The Hall–Kier alpha value is -1.51. The van der Waals surface area contributed by atoms with Gasteiger partial charge in [0, 0.05) is 22.4 Å². The second-order valence-corrected chi connectivity index (χ2v) is 4.62. The molecule has 3 heteroatoms. The van der Waals surface area contributed by atoms with Gasteiger partial charge in [0.05, 0.1) is 11.4 Å². The molecule has 0 saturated heterocycles. The van der Waals surface area contributed by atoms with E-state index in [1.165, 1.54) is 0 Å². The molecule has 0 aliphatic rings. The highest BCUT2D eigenvalue weighted by Crippen LogP contribution is 2.36. The highest BCUT2D eigenvalue weighted by molar-refractivity contribution is 5.98. The summed E-state index contributed by atoms with van der Waals surface area (Å²) in [6.07, 6.45) is 0. The van der Waals surface area contributed by atoms with Crippen molar-refractivity contribution in [3.05, 3.63) is 22.9 Å². The number of furan rings is 1. The first kappa shape index (κ1) is 11.0. The standard InChI is InChI=1S/C13H18N2O/c1-6(2)13-10-7(3)15-8(4)12(14)11(10)9(5)16-13/h6H,14H2,1-5H3. The van der Waals surface area contributed by atoms with Gasteiger partial charge >= 0.3 is 0 Å². The summed E-state index contributed by atoms with van der Waals surface area (Å²) in [5, 5.41) is 2.13. The fraction of sp³-hybridized carbons (Fsp3) is 0.462. The van der Waals surface area contributed by atoms with Crippen LogP contribution in [0.1, 0.15) is 42.7 Å². The van der Waals surface area contributed by atoms with Gasteiger partial charge in [0.15, 0.2) is 0 Å². The number of nitrogen functional groups attached to an aromatic ring is 1. The zero-order chi connectivity index (χ0) is 12.0. The van der Waals surface area contributed by atoms with E-state index in [-0.39, 0.29) is 0 Å². The molecule has 2 aromatic rings. The first-order chi connectivity index (χ1) is 7.43. The van der Waals surface area contributed by atoms with Crippen molar-refractivity contribution in [2.75, 3.05) is 5.73 Å². The normalized spacial score (nSPS) is 11.6. The van der Waals surface area contributed by atoms with Gasteiger partial charge in [-0.25, -0.2) is 0 Å². The molecule has 16 heavy (non-hydrogen) atoms. The van der Waals surface area contributed by atoms with Crippen LogP contribution in [0, 0.1) is 20.8 Å². The van der Waals surface area contributed by atoms with Crippen LogP contribution in [-0.2, 0) is 0 Å². The number of nitrogens with zero attached hydrogens (tertiary/aromatic N) is 1. The molecule has 2 heterocycles. The van der Waals surface area contributed by atoms with Gasteiger partial charge in [0.1, 0.15) is 11.5 Å². The van der Waals surface area contributed by atoms with Gasteiger partial charge in [-0.2, -0.15) is 0 Å². The Morgan fingerprint density at radius 3 is 2.25 bits per heavy atom. The van der Waals surface area contributed by atoms with Gasteiger partial charge in [-0.1, -0.05) is 13.8 Å². The number of aromatic nitrogens is 1. The van der Waals surface area contributed by atoms with Crippen LogP contribution < -0.4 is 5.73 Å². The van der Waals surface area contributed by atoms with Crippen molar-refractivity contribution >= 4 is 16.5 Å². The molecule has 0 spiro atoms. The molecule has 0 amide bonds. The van der Waals surface area contributed by atoms with E-state index >= 15 is 0 Å². The number of hydrogen-bond donors (Lipinski definition) is 1. The fourth-order valence-electron chi connectivity index (χ4n) is 2.20. The number of anilines is 1. The summed E-state index contributed by atoms with van der Waals surface area (Å²) in [4.78, 5) is 4.47. The van der Waals surface area contributed by atoms with Crippen LogP contribution in [0.5, 0.6) is 0 Å². The minimum atomic E-state index is 0.346. The lowest BCUT2D eigenvalue weighted by atomic mass is 10.0. The Morgan fingerprint density at radius 2 is 1.69 bits per heavy atom. The van der Waals surface area contributed by atoms with E-state index in [0.29, 0.717) is 5.92 Å². The van der Waals surface area contributed by atoms with E-state index in [4.69, 9.17) is 10.2 Å². The maximum Gasteiger partial charge on any atom is 0.116 e. The van der Waals surface area contributed by atoms with Crippen molar-refractivity contribution in [2.45, 2.75) is 40.5 Å². The van der Waals surface area contributed by atoms with Gasteiger partial charge in [-0.15, -0.1) is 0 Å². The summed E-state index contributed by atoms with van der Waals surface area (Å²) in [7, 11) is 0. The third kappa shape index (κ3) is 1.39. The van der Waals surface area contributed by atoms with Crippen LogP contribution in [0.25, 0.3) is 10.8 Å². The molecule has 86 valence electrons. The van der Waals surface area contributed by atoms with Crippen molar-refractivity contribution < 1.29 is 4.42 Å². The molecule has 0 bridgehead atoms. The lowest BCUT2D eigenvalue weighted by Crippen LogP contribution is -1.98. The molecule has 2 rings (SSSR count). The molecule has 0 saturated carbocycles. The van der Waals surface area contributed by atoms with Gasteiger partial charge in [-0.05, 0) is 20.8 Å². The monoisotopic (exact) mass is 218 g/mol. The van der Waals surface area contributed by atoms with Crippen LogP contribution >= 0.6 is 0 Å². The molecule has 0 aromatic carbocycles. The number of nitrogens with two attached hydrogens (primary N) is 1. The van der Waals surface area contributed by atoms with Crippen LogP contribution in [-0.4, -0.2) is 4.98 Å². The molecule has 0 unspecified atom stereocenters. The zero-order valence-electron chi connectivity index (χ0n) is 10.5. The number of fused-ring (bicyclic) bond motifs is 1. The topological polar surface area (TPSA) is 52.0 Å². The van der Waals surface area contributed by atoms with Crippen molar-refractivity contribution in [1.29, 1.82) is 0 Å². The molecule has 3 nitrogen and oxygen atoms in total. The SMILES string of the molecule is Cc1nc(C)c2c(C(C)C)oc(C)c2c1N.